The van der Waals surface area contributed by atoms with Crippen LogP contribution >= 0.6 is 0 Å². The van der Waals surface area contributed by atoms with E-state index in [2.05, 4.69) is 39.5 Å². The maximum Gasteiger partial charge on any atom is 0.244 e. The van der Waals surface area contributed by atoms with Gasteiger partial charge < -0.3 is 24.8 Å². The van der Waals surface area contributed by atoms with Crippen LogP contribution in [0, 0.1) is 0 Å². The number of carbonyl (C=O) groups is 2. The molecular formula is C40H39N3O5. The molecule has 1 fully saturated rings. The van der Waals surface area contributed by atoms with Crippen molar-refractivity contribution in [3.8, 4) is 11.5 Å². The second-order valence-corrected chi connectivity index (χ2v) is 11.9. The van der Waals surface area contributed by atoms with Crippen LogP contribution in [0.3, 0.4) is 0 Å². The standard InChI is InChI=1S/C40H39N3O5/c44-33-25-31-14-15-35(47-28-32-13-7-8-20-41-32)27-36(31)37(26-33)38(45)16-17-39(46)42-21-24-43-22-18-34(19-23-43)48-40(29-9-3-1-4-10-29)30-11-5-2-6-12-30/h1-17,20,25-27,34,40,44H,18-19,21-24,28H2,(H,42,46)/b17-16+. The number of phenols is 1. The Bertz CT molecular complexity index is 1800. The molecule has 8 nitrogen and oxygen atoms in total. The second-order valence-electron chi connectivity index (χ2n) is 11.9. The van der Waals surface area contributed by atoms with Crippen LogP contribution in [0.25, 0.3) is 10.8 Å². The van der Waals surface area contributed by atoms with Crippen molar-refractivity contribution in [3.05, 3.63) is 150 Å². The fraction of sp³-hybridized carbons (Fsp3) is 0.225. The van der Waals surface area contributed by atoms with Crippen molar-refractivity contribution in [1.82, 2.24) is 15.2 Å². The van der Waals surface area contributed by atoms with Gasteiger partial charge >= 0.3 is 0 Å². The Morgan fingerprint density at radius 1 is 0.875 bits per heavy atom. The quantitative estimate of drug-likeness (QED) is 0.110. The van der Waals surface area contributed by atoms with Crippen molar-refractivity contribution < 1.29 is 24.2 Å². The Morgan fingerprint density at radius 2 is 1.58 bits per heavy atom. The number of ether oxygens (including phenoxy) is 2. The van der Waals surface area contributed by atoms with E-state index in [1.165, 1.54) is 18.2 Å². The van der Waals surface area contributed by atoms with Crippen molar-refractivity contribution in [1.29, 1.82) is 0 Å². The number of ketones is 1. The van der Waals surface area contributed by atoms with E-state index in [0.717, 1.165) is 42.8 Å². The molecule has 8 heteroatoms. The van der Waals surface area contributed by atoms with Crippen LogP contribution in [0.1, 0.15) is 46.1 Å². The number of hydrogen-bond acceptors (Lipinski definition) is 7. The molecule has 1 aliphatic rings. The van der Waals surface area contributed by atoms with Gasteiger partial charge in [-0.15, -0.1) is 0 Å². The Balaban J connectivity index is 0.982. The summed E-state index contributed by atoms with van der Waals surface area (Å²) < 4.78 is 12.5. The summed E-state index contributed by atoms with van der Waals surface area (Å²) in [7, 11) is 0. The van der Waals surface area contributed by atoms with Crippen LogP contribution < -0.4 is 10.1 Å². The van der Waals surface area contributed by atoms with Crippen molar-refractivity contribution in [3.63, 3.8) is 0 Å². The van der Waals surface area contributed by atoms with E-state index in [-0.39, 0.29) is 41.8 Å². The minimum absolute atomic E-state index is 0.0318. The van der Waals surface area contributed by atoms with E-state index in [1.54, 1.807) is 30.5 Å². The number of piperidine rings is 1. The number of allylic oxidation sites excluding steroid dienone is 1. The number of likely N-dealkylation sites (tertiary alicyclic amines) is 1. The first kappa shape index (κ1) is 32.6. The van der Waals surface area contributed by atoms with Gasteiger partial charge in [-0.2, -0.15) is 0 Å². The van der Waals surface area contributed by atoms with E-state index in [0.29, 0.717) is 29.6 Å². The lowest BCUT2D eigenvalue weighted by Gasteiger charge is -2.34. The number of nitrogens with zero attached hydrogens (tertiary/aromatic N) is 2. The van der Waals surface area contributed by atoms with Gasteiger partial charge in [0.1, 0.15) is 24.2 Å². The van der Waals surface area contributed by atoms with E-state index in [1.807, 2.05) is 54.6 Å². The van der Waals surface area contributed by atoms with Gasteiger partial charge in [-0.3, -0.25) is 14.6 Å². The molecule has 0 bridgehead atoms. The summed E-state index contributed by atoms with van der Waals surface area (Å²) in [5.41, 5.74) is 3.35. The predicted octanol–water partition coefficient (Wildman–Crippen LogP) is 6.65. The molecule has 1 amide bonds. The highest BCUT2D eigenvalue weighted by molar-refractivity contribution is 6.15. The largest absolute Gasteiger partial charge is 0.508 e. The summed E-state index contributed by atoms with van der Waals surface area (Å²) >= 11 is 0. The smallest absolute Gasteiger partial charge is 0.244 e. The highest BCUT2D eigenvalue weighted by Crippen LogP contribution is 2.31. The zero-order valence-corrected chi connectivity index (χ0v) is 26.7. The number of fused-ring (bicyclic) bond motifs is 1. The number of benzene rings is 4. The summed E-state index contributed by atoms with van der Waals surface area (Å²) in [5.74, 6) is -0.202. The molecule has 6 rings (SSSR count). The molecule has 2 N–H and O–H groups in total. The van der Waals surface area contributed by atoms with E-state index in [9.17, 15) is 14.7 Å². The Morgan fingerprint density at radius 3 is 2.27 bits per heavy atom. The molecule has 0 spiro atoms. The molecule has 0 atom stereocenters. The van der Waals surface area contributed by atoms with Crippen LogP contribution in [-0.4, -0.2) is 59.0 Å². The van der Waals surface area contributed by atoms with Crippen LogP contribution in [-0.2, 0) is 16.1 Å². The fourth-order valence-electron chi connectivity index (χ4n) is 5.96. The number of aromatic nitrogens is 1. The van der Waals surface area contributed by atoms with Gasteiger partial charge in [0.2, 0.25) is 5.91 Å². The molecule has 1 aliphatic heterocycles. The molecule has 4 aromatic carbocycles. The number of pyridine rings is 1. The number of hydrogen-bond donors (Lipinski definition) is 2. The van der Waals surface area contributed by atoms with Crippen LogP contribution in [0.2, 0.25) is 0 Å². The van der Waals surface area contributed by atoms with Gasteiger partial charge in [0.05, 0.1) is 11.8 Å². The number of rotatable bonds is 13. The average molecular weight is 642 g/mol. The summed E-state index contributed by atoms with van der Waals surface area (Å²) in [4.78, 5) is 32.4. The third kappa shape index (κ3) is 8.73. The van der Waals surface area contributed by atoms with Gasteiger partial charge in [-0.05, 0) is 77.2 Å². The lowest BCUT2D eigenvalue weighted by Crippen LogP contribution is -2.41. The molecule has 48 heavy (non-hydrogen) atoms. The summed E-state index contributed by atoms with van der Waals surface area (Å²) in [6, 6.07) is 34.6. The minimum Gasteiger partial charge on any atom is -0.508 e. The first-order valence-electron chi connectivity index (χ1n) is 16.3. The van der Waals surface area contributed by atoms with Gasteiger partial charge in [0, 0.05) is 44.0 Å². The molecule has 0 saturated carbocycles. The van der Waals surface area contributed by atoms with Gasteiger partial charge in [-0.1, -0.05) is 72.8 Å². The highest BCUT2D eigenvalue weighted by Gasteiger charge is 2.24. The van der Waals surface area contributed by atoms with E-state index >= 15 is 0 Å². The molecule has 0 aliphatic carbocycles. The van der Waals surface area contributed by atoms with Crippen molar-refractivity contribution in [2.24, 2.45) is 0 Å². The van der Waals surface area contributed by atoms with E-state index in [4.69, 9.17) is 9.47 Å². The van der Waals surface area contributed by atoms with Crippen molar-refractivity contribution in [2.45, 2.75) is 31.7 Å². The lowest BCUT2D eigenvalue weighted by molar-refractivity contribution is -0.116. The molecule has 2 heterocycles. The van der Waals surface area contributed by atoms with Crippen molar-refractivity contribution in [2.75, 3.05) is 26.2 Å². The predicted molar refractivity (Wildman–Crippen MR) is 186 cm³/mol. The molecule has 5 aromatic rings. The Labute approximate surface area is 280 Å². The second kappa shape index (κ2) is 16.0. The summed E-state index contributed by atoms with van der Waals surface area (Å²) in [6.07, 6.45) is 6.04. The average Bonchev–Trinajstić information content (AvgIpc) is 3.13. The number of aromatic hydroxyl groups is 1. The third-order valence-electron chi connectivity index (χ3n) is 8.47. The number of phenolic OH excluding ortho intramolecular Hbond substituents is 1. The number of carbonyl (C=O) groups excluding carboxylic acids is 2. The zero-order valence-electron chi connectivity index (χ0n) is 26.7. The van der Waals surface area contributed by atoms with E-state index < -0.39 is 0 Å². The minimum atomic E-state index is -0.390. The van der Waals surface area contributed by atoms with Gasteiger partial charge in [-0.25, -0.2) is 0 Å². The summed E-state index contributed by atoms with van der Waals surface area (Å²) in [6.45, 7) is 3.21. The zero-order chi connectivity index (χ0) is 33.1. The Kier molecular flexibility index (Phi) is 10.9. The third-order valence-corrected chi connectivity index (χ3v) is 8.47. The molecule has 244 valence electrons. The molecule has 0 radical (unpaired) electrons. The topological polar surface area (TPSA) is 101 Å². The maximum absolute atomic E-state index is 13.2. The van der Waals surface area contributed by atoms with Crippen LogP contribution in [0.4, 0.5) is 0 Å². The van der Waals surface area contributed by atoms with Crippen LogP contribution in [0.15, 0.2) is 128 Å². The first-order valence-corrected chi connectivity index (χ1v) is 16.3. The molecule has 1 saturated heterocycles. The van der Waals surface area contributed by atoms with Gasteiger partial charge in [0.25, 0.3) is 0 Å². The Hall–Kier alpha value is -5.31. The normalized spacial score (nSPS) is 14.0. The monoisotopic (exact) mass is 641 g/mol. The highest BCUT2D eigenvalue weighted by atomic mass is 16.5. The van der Waals surface area contributed by atoms with Gasteiger partial charge in [0.15, 0.2) is 5.78 Å². The molecule has 0 unspecified atom stereocenters. The summed E-state index contributed by atoms with van der Waals surface area (Å²) in [5, 5.41) is 14.4. The lowest BCUT2D eigenvalue weighted by atomic mass is 10.00. The first-order chi connectivity index (χ1) is 23.5. The van der Waals surface area contributed by atoms with Crippen molar-refractivity contribution >= 4 is 22.5 Å². The van der Waals surface area contributed by atoms with Crippen LogP contribution in [0.5, 0.6) is 11.5 Å². The molecule has 1 aromatic heterocycles. The number of nitrogens with one attached hydrogen (secondary N) is 1. The fourth-order valence-corrected chi connectivity index (χ4v) is 5.96. The maximum atomic E-state index is 13.2. The SMILES string of the molecule is O=C(/C=C/C(=O)c1cc(O)cc2ccc(OCc3ccccn3)cc12)NCCN1CCC(OC(c2ccccc2)c2ccccc2)CC1. The molecular weight excluding hydrogens is 602 g/mol. The number of amides is 1.